The lowest BCUT2D eigenvalue weighted by atomic mass is 10.0. The van der Waals surface area contributed by atoms with Crippen LogP contribution in [0.1, 0.15) is 31.7 Å². The zero-order chi connectivity index (χ0) is 27.7. The summed E-state index contributed by atoms with van der Waals surface area (Å²) in [6.45, 7) is 4.16. The number of thioether (sulfide) groups is 1. The minimum absolute atomic E-state index is 0.308. The van der Waals surface area contributed by atoms with Crippen LogP contribution in [-0.2, 0) is 17.2 Å². The van der Waals surface area contributed by atoms with Crippen molar-refractivity contribution in [2.24, 2.45) is 7.05 Å². The number of benzene rings is 3. The van der Waals surface area contributed by atoms with E-state index in [2.05, 4.69) is 72.0 Å². The number of thiazole rings is 1. The molecule has 0 radical (unpaired) electrons. The van der Waals surface area contributed by atoms with Crippen molar-refractivity contribution < 1.29 is 17.5 Å². The number of halogens is 1. The third kappa shape index (κ3) is 6.10. The van der Waals surface area contributed by atoms with Gasteiger partial charge in [-0.15, -0.1) is 0 Å². The van der Waals surface area contributed by atoms with E-state index < -0.39 is 15.4 Å². The van der Waals surface area contributed by atoms with E-state index in [0.29, 0.717) is 18.0 Å². The first kappa shape index (κ1) is 27.9. The van der Waals surface area contributed by atoms with Crippen molar-refractivity contribution in [1.82, 2.24) is 0 Å². The molecular formula is C30H30ClN2O3S3+. The molecule has 0 saturated carbocycles. The average molecular weight is 598 g/mol. The molecule has 1 unspecified atom stereocenters. The second kappa shape index (κ2) is 11.5. The minimum atomic E-state index is -4.10. The Morgan fingerprint density at radius 2 is 1.87 bits per heavy atom. The number of allylic oxidation sites excluding steroid dienone is 2. The van der Waals surface area contributed by atoms with Crippen LogP contribution < -0.4 is 9.47 Å². The van der Waals surface area contributed by atoms with E-state index in [9.17, 15) is 13.0 Å². The average Bonchev–Trinajstić information content (AvgIpc) is 3.42. The largest absolute Gasteiger partial charge is 0.335 e. The first-order chi connectivity index (χ1) is 18.6. The molecule has 1 aliphatic rings. The molecule has 1 aromatic heterocycles. The molecule has 0 saturated heterocycles. The minimum Gasteiger partial charge on any atom is -0.335 e. The second-order valence-electron chi connectivity index (χ2n) is 9.58. The molecule has 5 nitrogen and oxygen atoms in total. The smallest absolute Gasteiger partial charge is 0.267 e. The third-order valence-electron chi connectivity index (χ3n) is 6.96. The van der Waals surface area contributed by atoms with E-state index >= 15 is 0 Å². The van der Waals surface area contributed by atoms with Gasteiger partial charge in [-0.25, -0.2) is 0 Å². The number of aromatic nitrogens is 1. The van der Waals surface area contributed by atoms with Crippen LogP contribution in [0.3, 0.4) is 0 Å². The second-order valence-corrected chi connectivity index (χ2v) is 14.0. The number of aryl methyl sites for hydroxylation is 1. The van der Waals surface area contributed by atoms with Gasteiger partial charge in [-0.1, -0.05) is 78.0 Å². The van der Waals surface area contributed by atoms with E-state index in [4.69, 9.17) is 11.6 Å². The van der Waals surface area contributed by atoms with Gasteiger partial charge in [0.2, 0.25) is 5.52 Å². The van der Waals surface area contributed by atoms with Crippen LogP contribution >= 0.6 is 34.7 Å². The normalized spacial score (nSPS) is 15.8. The maximum atomic E-state index is 11.8. The summed E-state index contributed by atoms with van der Waals surface area (Å²) in [7, 11) is -2.05. The van der Waals surface area contributed by atoms with Crippen LogP contribution in [0.4, 0.5) is 5.69 Å². The lowest BCUT2D eigenvalue weighted by Gasteiger charge is -2.22. The van der Waals surface area contributed by atoms with Crippen LogP contribution in [-0.4, -0.2) is 24.8 Å². The summed E-state index contributed by atoms with van der Waals surface area (Å²) in [4.78, 5) is 3.31. The molecule has 1 N–H and O–H groups in total. The maximum absolute atomic E-state index is 11.8. The Morgan fingerprint density at radius 1 is 1.10 bits per heavy atom. The molecule has 0 aliphatic carbocycles. The fourth-order valence-electron chi connectivity index (χ4n) is 4.54. The molecule has 0 spiro atoms. The van der Waals surface area contributed by atoms with Gasteiger partial charge in [0.25, 0.3) is 15.1 Å². The number of hydrogen-bond donors (Lipinski definition) is 1. The topological polar surface area (TPSA) is 61.5 Å². The van der Waals surface area contributed by atoms with E-state index in [1.54, 1.807) is 30.0 Å². The Hall–Kier alpha value is -2.62. The molecule has 9 heteroatoms. The van der Waals surface area contributed by atoms with E-state index in [1.807, 2.05) is 30.3 Å². The van der Waals surface area contributed by atoms with Gasteiger partial charge < -0.3 is 4.90 Å². The third-order valence-corrected chi connectivity index (χ3v) is 10.7. The van der Waals surface area contributed by atoms with Gasteiger partial charge in [0.15, 0.2) is 0 Å². The van der Waals surface area contributed by atoms with Crippen molar-refractivity contribution >= 4 is 66.8 Å². The summed E-state index contributed by atoms with van der Waals surface area (Å²) in [5.74, 6) is 0. The van der Waals surface area contributed by atoms with E-state index in [1.165, 1.54) is 4.70 Å². The van der Waals surface area contributed by atoms with Crippen molar-refractivity contribution in [3.05, 3.63) is 93.4 Å². The highest BCUT2D eigenvalue weighted by Gasteiger charge is 2.28. The Balaban J connectivity index is 1.53. The Labute approximate surface area is 243 Å². The Kier molecular flexibility index (Phi) is 8.21. The molecule has 202 valence electrons. The van der Waals surface area contributed by atoms with Gasteiger partial charge in [-0.3, -0.25) is 4.55 Å². The molecule has 5 rings (SSSR count). The summed E-state index contributed by atoms with van der Waals surface area (Å²) in [6, 6.07) is 22.6. The van der Waals surface area contributed by atoms with Crippen molar-refractivity contribution in [2.45, 2.75) is 36.8 Å². The summed E-state index contributed by atoms with van der Waals surface area (Å²) in [5, 5.41) is 2.03. The molecule has 0 fully saturated rings. The highest BCUT2D eigenvalue weighted by molar-refractivity contribution is 8.03. The van der Waals surface area contributed by atoms with Crippen molar-refractivity contribution in [3.8, 4) is 11.1 Å². The Bertz CT molecular complexity index is 1700. The molecule has 1 atom stereocenters. The SMILES string of the molecule is CCC(=Cc1sc2ccc(Cl)cc2[n+]1C)C=C1Sc2ccc(-c3ccccc3)cc2N1CCC(C)S(=O)(=O)O. The molecule has 0 amide bonds. The standard InChI is InChI=1S/C30H29ClN2O3S3/c1-4-21(16-29-32(3)25-19-24(31)11-13-27(25)37-29)17-30-33(15-14-20(2)39(34,35)36)26-18-23(10-12-28(26)38-30)22-8-6-5-7-9-22/h5-13,16-20H,4,14-15H2,1-3H3/p+1. The van der Waals surface area contributed by atoms with Gasteiger partial charge in [-0.2, -0.15) is 13.0 Å². The van der Waals surface area contributed by atoms with E-state index in [-0.39, 0.29) is 0 Å². The molecule has 39 heavy (non-hydrogen) atoms. The summed E-state index contributed by atoms with van der Waals surface area (Å²) in [6.07, 6.45) is 5.55. The zero-order valence-corrected chi connectivity index (χ0v) is 25.2. The molecule has 4 aromatic rings. The quantitative estimate of drug-likeness (QED) is 0.165. The predicted octanol–water partition coefficient (Wildman–Crippen LogP) is 7.96. The first-order valence-corrected chi connectivity index (χ1v) is 16.3. The van der Waals surface area contributed by atoms with Crippen LogP contribution in [0.2, 0.25) is 5.02 Å². The molecule has 0 bridgehead atoms. The van der Waals surface area contributed by atoms with Gasteiger partial charge in [0, 0.05) is 28.6 Å². The zero-order valence-electron chi connectivity index (χ0n) is 22.0. The molecular weight excluding hydrogens is 568 g/mol. The Morgan fingerprint density at radius 3 is 2.59 bits per heavy atom. The lowest BCUT2D eigenvalue weighted by molar-refractivity contribution is -0.642. The van der Waals surface area contributed by atoms with Crippen molar-refractivity contribution in [3.63, 3.8) is 0 Å². The van der Waals surface area contributed by atoms with Crippen LogP contribution in [0.25, 0.3) is 27.4 Å². The van der Waals surface area contributed by atoms with E-state index in [0.717, 1.165) is 49.3 Å². The summed E-state index contributed by atoms with van der Waals surface area (Å²) in [5.41, 5.74) is 5.54. The number of anilines is 1. The summed E-state index contributed by atoms with van der Waals surface area (Å²) >= 11 is 9.65. The molecule has 1 aliphatic heterocycles. The van der Waals surface area contributed by atoms with Crippen molar-refractivity contribution in [2.75, 3.05) is 11.4 Å². The molecule has 3 aromatic carbocycles. The molecule has 2 heterocycles. The summed E-state index contributed by atoms with van der Waals surface area (Å²) < 4.78 is 36.4. The van der Waals surface area contributed by atoms with Gasteiger partial charge >= 0.3 is 0 Å². The predicted molar refractivity (Wildman–Crippen MR) is 165 cm³/mol. The van der Waals surface area contributed by atoms with Crippen LogP contribution in [0, 0.1) is 0 Å². The van der Waals surface area contributed by atoms with Crippen LogP contribution in [0.15, 0.2) is 88.3 Å². The maximum Gasteiger partial charge on any atom is 0.267 e. The van der Waals surface area contributed by atoms with Gasteiger partial charge in [-0.05, 0) is 66.8 Å². The first-order valence-electron chi connectivity index (χ1n) is 12.8. The fourth-order valence-corrected chi connectivity index (χ4v) is 7.36. The van der Waals surface area contributed by atoms with Crippen LogP contribution in [0.5, 0.6) is 0 Å². The van der Waals surface area contributed by atoms with Gasteiger partial charge in [0.1, 0.15) is 11.7 Å². The highest BCUT2D eigenvalue weighted by Crippen LogP contribution is 2.48. The van der Waals surface area contributed by atoms with Gasteiger partial charge in [0.05, 0.1) is 16.0 Å². The fraction of sp³-hybridized carbons (Fsp3) is 0.233. The number of hydrogen-bond acceptors (Lipinski definition) is 5. The number of fused-ring (bicyclic) bond motifs is 2. The lowest BCUT2D eigenvalue weighted by Crippen LogP contribution is -2.29. The number of rotatable bonds is 8. The highest BCUT2D eigenvalue weighted by atomic mass is 35.5. The number of nitrogens with zero attached hydrogens (tertiary/aromatic N) is 2. The van der Waals surface area contributed by atoms with Crippen molar-refractivity contribution in [1.29, 1.82) is 0 Å². The monoisotopic (exact) mass is 597 g/mol.